The van der Waals surface area contributed by atoms with Crippen molar-refractivity contribution in [1.82, 2.24) is 14.5 Å². The van der Waals surface area contributed by atoms with Gasteiger partial charge in [0.1, 0.15) is 0 Å². The third-order valence-corrected chi connectivity index (χ3v) is 5.92. The van der Waals surface area contributed by atoms with E-state index >= 15 is 0 Å². The van der Waals surface area contributed by atoms with Gasteiger partial charge in [0.15, 0.2) is 0 Å². The molecule has 1 heterocycles. The summed E-state index contributed by atoms with van der Waals surface area (Å²) in [6.45, 7) is 6.71. The van der Waals surface area contributed by atoms with E-state index in [0.29, 0.717) is 6.54 Å². The Hall–Kier alpha value is -2.45. The third kappa shape index (κ3) is 5.03. The first-order valence-corrected chi connectivity index (χ1v) is 9.71. The predicted octanol–water partition coefficient (Wildman–Crippen LogP) is 0.686. The molecule has 0 radical (unpaired) electrons. The standard InChI is InChI=1S/C18H23N3O4S/c1-3-10-19-17(22)8-9-18(23)20-11-13-21(14-12-20)26(24,25)16-6-4-15(2)5-7-16/h3-9H,1,10-14H2,2H3,(H,19,22)/b9-8+. The van der Waals surface area contributed by atoms with Gasteiger partial charge in [-0.15, -0.1) is 6.58 Å². The molecule has 0 aromatic heterocycles. The first-order valence-electron chi connectivity index (χ1n) is 8.27. The number of sulfonamides is 1. The number of nitrogens with zero attached hydrogens (tertiary/aromatic N) is 2. The second kappa shape index (κ2) is 8.77. The van der Waals surface area contributed by atoms with Gasteiger partial charge in [-0.1, -0.05) is 23.8 Å². The lowest BCUT2D eigenvalue weighted by molar-refractivity contribution is -0.127. The molecule has 1 N–H and O–H groups in total. The number of rotatable bonds is 6. The maximum Gasteiger partial charge on any atom is 0.246 e. The smallest absolute Gasteiger partial charge is 0.246 e. The van der Waals surface area contributed by atoms with Crippen molar-refractivity contribution >= 4 is 21.8 Å². The van der Waals surface area contributed by atoms with Gasteiger partial charge in [-0.2, -0.15) is 4.31 Å². The molecule has 0 bridgehead atoms. The zero-order chi connectivity index (χ0) is 19.2. The van der Waals surface area contributed by atoms with E-state index in [0.717, 1.165) is 5.56 Å². The largest absolute Gasteiger partial charge is 0.349 e. The van der Waals surface area contributed by atoms with Crippen LogP contribution in [0.15, 0.2) is 54.0 Å². The number of hydrogen-bond donors (Lipinski definition) is 1. The van der Waals surface area contributed by atoms with Crippen molar-refractivity contribution in [3.05, 3.63) is 54.6 Å². The van der Waals surface area contributed by atoms with E-state index in [9.17, 15) is 18.0 Å². The quantitative estimate of drug-likeness (QED) is 0.584. The van der Waals surface area contributed by atoms with Gasteiger partial charge in [-0.05, 0) is 19.1 Å². The van der Waals surface area contributed by atoms with Gasteiger partial charge in [0, 0.05) is 44.9 Å². The van der Waals surface area contributed by atoms with Gasteiger partial charge in [-0.3, -0.25) is 9.59 Å². The van der Waals surface area contributed by atoms with Gasteiger partial charge in [0.05, 0.1) is 4.90 Å². The fourth-order valence-electron chi connectivity index (χ4n) is 2.49. The van der Waals surface area contributed by atoms with Crippen molar-refractivity contribution in [2.45, 2.75) is 11.8 Å². The van der Waals surface area contributed by atoms with E-state index in [-0.39, 0.29) is 42.9 Å². The van der Waals surface area contributed by atoms with Gasteiger partial charge in [0.2, 0.25) is 21.8 Å². The number of carbonyl (C=O) groups excluding carboxylic acids is 2. The second-order valence-electron chi connectivity index (χ2n) is 5.91. The normalized spacial score (nSPS) is 15.8. The van der Waals surface area contributed by atoms with Crippen LogP contribution in [0.5, 0.6) is 0 Å². The van der Waals surface area contributed by atoms with Crippen LogP contribution in [0.25, 0.3) is 0 Å². The molecule has 1 aromatic carbocycles. The lowest BCUT2D eigenvalue weighted by Crippen LogP contribution is -2.50. The summed E-state index contributed by atoms with van der Waals surface area (Å²) in [4.78, 5) is 25.3. The molecule has 8 heteroatoms. The van der Waals surface area contributed by atoms with Crippen LogP contribution in [0, 0.1) is 6.92 Å². The van der Waals surface area contributed by atoms with Crippen molar-refractivity contribution < 1.29 is 18.0 Å². The highest BCUT2D eigenvalue weighted by Gasteiger charge is 2.29. The van der Waals surface area contributed by atoms with Crippen molar-refractivity contribution in [2.24, 2.45) is 0 Å². The van der Waals surface area contributed by atoms with Gasteiger partial charge in [-0.25, -0.2) is 8.42 Å². The maximum absolute atomic E-state index is 12.6. The summed E-state index contributed by atoms with van der Waals surface area (Å²) >= 11 is 0. The van der Waals surface area contributed by atoms with Crippen molar-refractivity contribution in [1.29, 1.82) is 0 Å². The maximum atomic E-state index is 12.6. The Labute approximate surface area is 154 Å². The highest BCUT2D eigenvalue weighted by molar-refractivity contribution is 7.89. The van der Waals surface area contributed by atoms with Gasteiger partial charge < -0.3 is 10.2 Å². The summed E-state index contributed by atoms with van der Waals surface area (Å²) in [6, 6.07) is 6.70. The lowest BCUT2D eigenvalue weighted by atomic mass is 10.2. The Kier molecular flexibility index (Phi) is 6.70. The molecule has 1 aliphatic heterocycles. The molecule has 0 atom stereocenters. The highest BCUT2D eigenvalue weighted by Crippen LogP contribution is 2.18. The van der Waals surface area contributed by atoms with Crippen LogP contribution >= 0.6 is 0 Å². The van der Waals surface area contributed by atoms with Crippen LogP contribution in [-0.2, 0) is 19.6 Å². The van der Waals surface area contributed by atoms with Crippen LogP contribution in [0.2, 0.25) is 0 Å². The second-order valence-corrected chi connectivity index (χ2v) is 7.85. The molecule has 26 heavy (non-hydrogen) atoms. The molecule has 1 aromatic rings. The van der Waals surface area contributed by atoms with E-state index < -0.39 is 10.0 Å². The molecule has 2 amide bonds. The Morgan fingerprint density at radius 1 is 1.12 bits per heavy atom. The first-order chi connectivity index (χ1) is 12.3. The summed E-state index contributed by atoms with van der Waals surface area (Å²) < 4.78 is 26.7. The van der Waals surface area contributed by atoms with Crippen molar-refractivity contribution in [3.63, 3.8) is 0 Å². The van der Waals surface area contributed by atoms with E-state index in [2.05, 4.69) is 11.9 Å². The summed E-state index contributed by atoms with van der Waals surface area (Å²) in [6.07, 6.45) is 3.91. The topological polar surface area (TPSA) is 86.8 Å². The number of piperazine rings is 1. The molecule has 7 nitrogen and oxygen atoms in total. The minimum Gasteiger partial charge on any atom is -0.349 e. The minimum atomic E-state index is -3.56. The van der Waals surface area contributed by atoms with E-state index in [4.69, 9.17) is 0 Å². The van der Waals surface area contributed by atoms with E-state index in [1.54, 1.807) is 30.3 Å². The molecule has 140 valence electrons. The summed E-state index contributed by atoms with van der Waals surface area (Å²) in [5, 5.41) is 2.54. The fraction of sp³-hybridized carbons (Fsp3) is 0.333. The molecule has 0 saturated carbocycles. The number of amides is 2. The molecule has 2 rings (SSSR count). The molecule has 1 aliphatic rings. The van der Waals surface area contributed by atoms with Gasteiger partial charge >= 0.3 is 0 Å². The lowest BCUT2D eigenvalue weighted by Gasteiger charge is -2.33. The predicted molar refractivity (Wildman–Crippen MR) is 98.9 cm³/mol. The first kappa shape index (κ1) is 19.9. The molecule has 0 aliphatic carbocycles. The van der Waals surface area contributed by atoms with Crippen molar-refractivity contribution in [3.8, 4) is 0 Å². The fourth-order valence-corrected chi connectivity index (χ4v) is 3.91. The minimum absolute atomic E-state index is 0.221. The summed E-state index contributed by atoms with van der Waals surface area (Å²) in [7, 11) is -3.56. The van der Waals surface area contributed by atoms with Crippen LogP contribution in [0.4, 0.5) is 0 Å². The van der Waals surface area contributed by atoms with E-state index in [1.165, 1.54) is 21.4 Å². The Morgan fingerprint density at radius 2 is 1.73 bits per heavy atom. The Balaban J connectivity index is 1.93. The van der Waals surface area contributed by atoms with Crippen molar-refractivity contribution in [2.75, 3.05) is 32.7 Å². The summed E-state index contributed by atoms with van der Waals surface area (Å²) in [5.74, 6) is -0.690. The van der Waals surface area contributed by atoms with Crippen LogP contribution < -0.4 is 5.32 Å². The molecule has 1 fully saturated rings. The van der Waals surface area contributed by atoms with Crippen LogP contribution in [-0.4, -0.2) is 62.2 Å². The average molecular weight is 377 g/mol. The molecular formula is C18H23N3O4S. The molecular weight excluding hydrogens is 354 g/mol. The van der Waals surface area contributed by atoms with E-state index in [1.807, 2.05) is 6.92 Å². The zero-order valence-electron chi connectivity index (χ0n) is 14.7. The average Bonchev–Trinajstić information content (AvgIpc) is 2.64. The van der Waals surface area contributed by atoms with Crippen LogP contribution in [0.1, 0.15) is 5.56 Å². The number of nitrogens with one attached hydrogen (secondary N) is 1. The Bertz CT molecular complexity index is 792. The number of hydrogen-bond acceptors (Lipinski definition) is 4. The monoisotopic (exact) mass is 377 g/mol. The highest BCUT2D eigenvalue weighted by atomic mass is 32.2. The molecule has 1 saturated heterocycles. The Morgan fingerprint density at radius 3 is 2.31 bits per heavy atom. The number of carbonyl (C=O) groups is 2. The third-order valence-electron chi connectivity index (χ3n) is 4.01. The van der Waals surface area contributed by atoms with Gasteiger partial charge in [0.25, 0.3) is 0 Å². The number of aryl methyl sites for hydroxylation is 1. The molecule has 0 spiro atoms. The number of benzene rings is 1. The van der Waals surface area contributed by atoms with Crippen LogP contribution in [0.3, 0.4) is 0 Å². The zero-order valence-corrected chi connectivity index (χ0v) is 15.5. The summed E-state index contributed by atoms with van der Waals surface area (Å²) in [5.41, 5.74) is 0.989. The SMILES string of the molecule is C=CCNC(=O)/C=C/C(=O)N1CCN(S(=O)(=O)c2ccc(C)cc2)CC1. The molecule has 0 unspecified atom stereocenters.